The van der Waals surface area contributed by atoms with Crippen molar-refractivity contribution in [3.63, 3.8) is 0 Å². The highest BCUT2D eigenvalue weighted by atomic mass is 16.5. The van der Waals surface area contributed by atoms with E-state index in [1.54, 1.807) is 19.2 Å². The molecule has 0 aliphatic heterocycles. The number of nitrogens with zero attached hydrogens (tertiary/aromatic N) is 1. The highest BCUT2D eigenvalue weighted by Gasteiger charge is 2.11. The van der Waals surface area contributed by atoms with Crippen LogP contribution in [0.5, 0.6) is 11.5 Å². The van der Waals surface area contributed by atoms with Gasteiger partial charge in [0.1, 0.15) is 5.76 Å². The fraction of sp³-hybridized carbons (Fsp3) is 0.231. The number of para-hydroxylation sites is 2. The van der Waals surface area contributed by atoms with Crippen LogP contribution in [-0.4, -0.2) is 29.9 Å². The van der Waals surface area contributed by atoms with Crippen molar-refractivity contribution in [2.24, 2.45) is 0 Å². The number of rotatable bonds is 6. The maximum absolute atomic E-state index is 10.6. The third-order valence-corrected chi connectivity index (χ3v) is 2.45. The van der Waals surface area contributed by atoms with Gasteiger partial charge in [-0.1, -0.05) is 17.3 Å². The van der Waals surface area contributed by atoms with Gasteiger partial charge < -0.3 is 19.1 Å². The average Bonchev–Trinajstić information content (AvgIpc) is 2.88. The van der Waals surface area contributed by atoms with E-state index in [4.69, 9.17) is 19.1 Å². The molecule has 19 heavy (non-hydrogen) atoms. The van der Waals surface area contributed by atoms with E-state index in [1.807, 2.05) is 12.1 Å². The summed E-state index contributed by atoms with van der Waals surface area (Å²) < 4.78 is 15.6. The van der Waals surface area contributed by atoms with Crippen molar-refractivity contribution in [1.29, 1.82) is 0 Å². The summed E-state index contributed by atoms with van der Waals surface area (Å²) in [5.74, 6) is 0.627. The summed E-state index contributed by atoms with van der Waals surface area (Å²) in [6.07, 6.45) is 0.429. The monoisotopic (exact) mass is 263 g/mol. The maximum atomic E-state index is 10.6. The number of carbonyl (C=O) groups is 1. The van der Waals surface area contributed by atoms with Gasteiger partial charge in [-0.25, -0.2) is 4.79 Å². The van der Waals surface area contributed by atoms with Crippen LogP contribution in [0.25, 0.3) is 0 Å². The van der Waals surface area contributed by atoms with Gasteiger partial charge in [0, 0.05) is 12.5 Å². The number of hydrogen-bond donors (Lipinski definition) is 1. The van der Waals surface area contributed by atoms with Gasteiger partial charge in [-0.3, -0.25) is 0 Å². The number of methoxy groups -OCH3 is 1. The molecular formula is C13H13NO5. The molecule has 0 saturated heterocycles. The Labute approximate surface area is 109 Å². The van der Waals surface area contributed by atoms with Gasteiger partial charge in [0.15, 0.2) is 17.2 Å². The van der Waals surface area contributed by atoms with Crippen molar-refractivity contribution >= 4 is 5.97 Å². The summed E-state index contributed by atoms with van der Waals surface area (Å²) in [6, 6.07) is 8.66. The normalized spacial score (nSPS) is 10.2. The molecule has 100 valence electrons. The number of carboxylic acid groups (broad SMARTS) is 1. The largest absolute Gasteiger partial charge is 0.493 e. The molecule has 1 heterocycles. The number of carboxylic acids is 1. The van der Waals surface area contributed by atoms with Crippen molar-refractivity contribution in [3.05, 3.63) is 41.8 Å². The van der Waals surface area contributed by atoms with E-state index in [-0.39, 0.29) is 5.69 Å². The molecule has 2 aromatic rings. The predicted molar refractivity (Wildman–Crippen MR) is 65.7 cm³/mol. The summed E-state index contributed by atoms with van der Waals surface area (Å²) in [4.78, 5) is 10.6. The van der Waals surface area contributed by atoms with E-state index in [0.717, 1.165) is 0 Å². The Bertz CT molecular complexity index is 564. The molecule has 1 aromatic heterocycles. The maximum Gasteiger partial charge on any atom is 0.358 e. The van der Waals surface area contributed by atoms with Gasteiger partial charge in [0.2, 0.25) is 0 Å². The quantitative estimate of drug-likeness (QED) is 0.858. The molecule has 0 aliphatic rings. The Hall–Kier alpha value is -2.50. The second-order valence-electron chi connectivity index (χ2n) is 3.73. The van der Waals surface area contributed by atoms with Gasteiger partial charge in [-0.05, 0) is 12.1 Å². The van der Waals surface area contributed by atoms with Crippen LogP contribution in [-0.2, 0) is 6.42 Å². The van der Waals surface area contributed by atoms with Crippen LogP contribution in [0, 0.1) is 0 Å². The van der Waals surface area contributed by atoms with Crippen LogP contribution >= 0.6 is 0 Å². The van der Waals surface area contributed by atoms with E-state index in [1.165, 1.54) is 6.07 Å². The van der Waals surface area contributed by atoms with Gasteiger partial charge in [-0.2, -0.15) is 0 Å². The Morgan fingerprint density at radius 1 is 1.37 bits per heavy atom. The zero-order chi connectivity index (χ0) is 13.7. The third kappa shape index (κ3) is 3.25. The van der Waals surface area contributed by atoms with Crippen molar-refractivity contribution in [2.45, 2.75) is 6.42 Å². The summed E-state index contributed by atoms with van der Waals surface area (Å²) in [5, 5.41) is 12.1. The third-order valence-electron chi connectivity index (χ3n) is 2.45. The first kappa shape index (κ1) is 12.9. The summed E-state index contributed by atoms with van der Waals surface area (Å²) >= 11 is 0. The Kier molecular flexibility index (Phi) is 4.02. The molecule has 2 rings (SSSR count). The predicted octanol–water partition coefficient (Wildman–Crippen LogP) is 2.00. The second kappa shape index (κ2) is 5.90. The fourth-order valence-corrected chi connectivity index (χ4v) is 1.53. The molecule has 0 amide bonds. The van der Waals surface area contributed by atoms with E-state index in [0.29, 0.717) is 30.3 Å². The van der Waals surface area contributed by atoms with Gasteiger partial charge in [-0.15, -0.1) is 0 Å². The zero-order valence-corrected chi connectivity index (χ0v) is 10.3. The number of ether oxygens (including phenoxy) is 2. The Balaban J connectivity index is 1.90. The minimum atomic E-state index is -1.11. The smallest absolute Gasteiger partial charge is 0.358 e. The number of hydrogen-bond acceptors (Lipinski definition) is 5. The molecule has 0 spiro atoms. The molecule has 0 fully saturated rings. The topological polar surface area (TPSA) is 81.8 Å². The first-order valence-electron chi connectivity index (χ1n) is 5.65. The van der Waals surface area contributed by atoms with Crippen LogP contribution in [0.15, 0.2) is 34.9 Å². The highest BCUT2D eigenvalue weighted by molar-refractivity contribution is 5.85. The molecular weight excluding hydrogens is 250 g/mol. The molecule has 0 bridgehead atoms. The standard InChI is InChI=1S/C13H13NO5/c1-17-11-4-2-3-5-12(11)18-7-6-9-8-10(13(15)16)14-19-9/h2-5,8H,6-7H2,1H3,(H,15,16). The summed E-state index contributed by atoms with van der Waals surface area (Å²) in [5.41, 5.74) is -0.104. The molecule has 0 radical (unpaired) electrons. The first-order valence-corrected chi connectivity index (χ1v) is 5.65. The average molecular weight is 263 g/mol. The Morgan fingerprint density at radius 3 is 2.74 bits per heavy atom. The molecule has 0 aliphatic carbocycles. The molecule has 0 saturated carbocycles. The lowest BCUT2D eigenvalue weighted by Gasteiger charge is -2.08. The second-order valence-corrected chi connectivity index (χ2v) is 3.73. The number of aromatic carboxylic acids is 1. The molecule has 1 N–H and O–H groups in total. The van der Waals surface area contributed by atoms with Crippen LogP contribution < -0.4 is 9.47 Å². The molecule has 0 unspecified atom stereocenters. The lowest BCUT2D eigenvalue weighted by atomic mass is 10.3. The van der Waals surface area contributed by atoms with E-state index in [9.17, 15) is 4.79 Å². The first-order chi connectivity index (χ1) is 9.20. The SMILES string of the molecule is COc1ccccc1OCCc1cc(C(=O)O)no1. The summed E-state index contributed by atoms with van der Waals surface area (Å²) in [7, 11) is 1.57. The van der Waals surface area contributed by atoms with Crippen LogP contribution in [0.1, 0.15) is 16.2 Å². The van der Waals surface area contributed by atoms with Crippen molar-refractivity contribution in [2.75, 3.05) is 13.7 Å². The van der Waals surface area contributed by atoms with Gasteiger partial charge in [0.05, 0.1) is 13.7 Å². The minimum Gasteiger partial charge on any atom is -0.493 e. The van der Waals surface area contributed by atoms with E-state index >= 15 is 0 Å². The lowest BCUT2D eigenvalue weighted by Crippen LogP contribution is -2.02. The Morgan fingerprint density at radius 2 is 2.11 bits per heavy atom. The van der Waals surface area contributed by atoms with Crippen molar-refractivity contribution in [3.8, 4) is 11.5 Å². The number of benzene rings is 1. The van der Waals surface area contributed by atoms with Crippen molar-refractivity contribution in [1.82, 2.24) is 5.16 Å². The highest BCUT2D eigenvalue weighted by Crippen LogP contribution is 2.25. The van der Waals surface area contributed by atoms with Crippen molar-refractivity contribution < 1.29 is 23.9 Å². The molecule has 0 atom stereocenters. The van der Waals surface area contributed by atoms with Gasteiger partial charge in [0.25, 0.3) is 0 Å². The number of aromatic nitrogens is 1. The zero-order valence-electron chi connectivity index (χ0n) is 10.3. The van der Waals surface area contributed by atoms with E-state index in [2.05, 4.69) is 5.16 Å². The summed E-state index contributed by atoms with van der Waals surface area (Å²) in [6.45, 7) is 0.342. The molecule has 6 heteroatoms. The minimum absolute atomic E-state index is 0.104. The van der Waals surface area contributed by atoms with Crippen LogP contribution in [0.4, 0.5) is 0 Å². The molecule has 6 nitrogen and oxygen atoms in total. The van der Waals surface area contributed by atoms with E-state index < -0.39 is 5.97 Å². The van der Waals surface area contributed by atoms with Crippen LogP contribution in [0.3, 0.4) is 0 Å². The fourth-order valence-electron chi connectivity index (χ4n) is 1.53. The van der Waals surface area contributed by atoms with Crippen LogP contribution in [0.2, 0.25) is 0 Å². The molecule has 1 aromatic carbocycles. The lowest BCUT2D eigenvalue weighted by molar-refractivity contribution is 0.0685. The van der Waals surface area contributed by atoms with Gasteiger partial charge >= 0.3 is 5.97 Å².